The van der Waals surface area contributed by atoms with Crippen molar-refractivity contribution in [1.82, 2.24) is 4.98 Å². The molecule has 0 fully saturated rings. The minimum absolute atomic E-state index is 0.247. The van der Waals surface area contributed by atoms with Crippen LogP contribution in [0.3, 0.4) is 0 Å². The van der Waals surface area contributed by atoms with Crippen LogP contribution in [0, 0.1) is 0 Å². The smallest absolute Gasteiger partial charge is 0.0404 e. The molecule has 1 aromatic rings. The average Bonchev–Trinajstić information content (AvgIpc) is 2.18. The van der Waals surface area contributed by atoms with Gasteiger partial charge in [0.25, 0.3) is 0 Å². The summed E-state index contributed by atoms with van der Waals surface area (Å²) < 4.78 is 0. The summed E-state index contributed by atoms with van der Waals surface area (Å²) >= 11 is 0. The lowest BCUT2D eigenvalue weighted by Gasteiger charge is -2.22. The molecular weight excluding hydrogens is 160 g/mol. The molecule has 0 spiro atoms. The summed E-state index contributed by atoms with van der Waals surface area (Å²) in [6.45, 7) is 2.13. The highest BCUT2D eigenvalue weighted by molar-refractivity contribution is 5.31. The molecule has 2 N–H and O–H groups in total. The molecule has 0 saturated carbocycles. The Morgan fingerprint density at radius 1 is 1.62 bits per heavy atom. The number of aryl methyl sites for hydroxylation is 2. The Labute approximate surface area is 79.2 Å². The number of aromatic nitrogens is 1. The van der Waals surface area contributed by atoms with Gasteiger partial charge in [-0.2, -0.15) is 0 Å². The summed E-state index contributed by atoms with van der Waals surface area (Å²) in [5.74, 6) is 0. The van der Waals surface area contributed by atoms with Gasteiger partial charge in [-0.3, -0.25) is 4.98 Å². The molecular formula is C11H16N2. The third kappa shape index (κ3) is 1.59. The Morgan fingerprint density at radius 2 is 2.46 bits per heavy atom. The average molecular weight is 176 g/mol. The summed E-state index contributed by atoms with van der Waals surface area (Å²) in [5.41, 5.74) is 9.89. The summed E-state index contributed by atoms with van der Waals surface area (Å²) in [7, 11) is 0. The summed E-state index contributed by atoms with van der Waals surface area (Å²) in [4.78, 5) is 4.39. The Hall–Kier alpha value is -0.890. The first-order valence-electron chi connectivity index (χ1n) is 5.04. The molecule has 0 aromatic carbocycles. The van der Waals surface area contributed by atoms with Gasteiger partial charge in [-0.1, -0.05) is 6.92 Å². The molecule has 2 heteroatoms. The molecule has 0 radical (unpaired) electrons. The van der Waals surface area contributed by atoms with Gasteiger partial charge >= 0.3 is 0 Å². The zero-order valence-electron chi connectivity index (χ0n) is 8.09. The van der Waals surface area contributed by atoms with Crippen molar-refractivity contribution in [3.8, 4) is 0 Å². The van der Waals surface area contributed by atoms with Crippen molar-refractivity contribution in [2.45, 2.75) is 38.6 Å². The van der Waals surface area contributed by atoms with E-state index in [1.165, 1.54) is 17.5 Å². The van der Waals surface area contributed by atoms with E-state index in [-0.39, 0.29) is 6.04 Å². The van der Waals surface area contributed by atoms with Crippen molar-refractivity contribution in [2.75, 3.05) is 0 Å². The largest absolute Gasteiger partial charge is 0.324 e. The van der Waals surface area contributed by atoms with Crippen LogP contribution in [-0.4, -0.2) is 4.98 Å². The molecule has 2 rings (SSSR count). The van der Waals surface area contributed by atoms with E-state index in [2.05, 4.69) is 18.0 Å². The van der Waals surface area contributed by atoms with Crippen molar-refractivity contribution < 1.29 is 0 Å². The van der Waals surface area contributed by atoms with Crippen LogP contribution in [-0.2, 0) is 12.8 Å². The number of hydrogen-bond acceptors (Lipinski definition) is 2. The molecule has 2 nitrogen and oxygen atoms in total. The van der Waals surface area contributed by atoms with Gasteiger partial charge in [0.1, 0.15) is 0 Å². The van der Waals surface area contributed by atoms with Gasteiger partial charge < -0.3 is 5.73 Å². The third-order valence-corrected chi connectivity index (χ3v) is 2.80. The van der Waals surface area contributed by atoms with Crippen molar-refractivity contribution in [3.63, 3.8) is 0 Å². The van der Waals surface area contributed by atoms with Gasteiger partial charge in [0.15, 0.2) is 0 Å². The fourth-order valence-corrected chi connectivity index (χ4v) is 1.96. The maximum Gasteiger partial charge on any atom is 0.0404 e. The first-order chi connectivity index (χ1) is 6.31. The number of nitrogens with zero attached hydrogens (tertiary/aromatic N) is 1. The SMILES string of the molecule is CCc1cc2c(cn1)CCC[C@@H]2N. The molecule has 0 unspecified atom stereocenters. The molecule has 0 amide bonds. The number of fused-ring (bicyclic) bond motifs is 1. The molecule has 0 aliphatic heterocycles. The van der Waals surface area contributed by atoms with Crippen molar-refractivity contribution in [3.05, 3.63) is 29.1 Å². The van der Waals surface area contributed by atoms with Gasteiger partial charge in [-0.05, 0) is 42.9 Å². The maximum atomic E-state index is 6.04. The molecule has 1 atom stereocenters. The third-order valence-electron chi connectivity index (χ3n) is 2.80. The Morgan fingerprint density at radius 3 is 3.23 bits per heavy atom. The lowest BCUT2D eigenvalue weighted by Crippen LogP contribution is -2.18. The predicted octanol–water partition coefficient (Wildman–Crippen LogP) is 1.98. The number of hydrogen-bond donors (Lipinski definition) is 1. The van der Waals surface area contributed by atoms with Gasteiger partial charge in [0.2, 0.25) is 0 Å². The van der Waals surface area contributed by atoms with Crippen LogP contribution < -0.4 is 5.73 Å². The van der Waals surface area contributed by atoms with Crippen LogP contribution in [0.15, 0.2) is 12.3 Å². The zero-order chi connectivity index (χ0) is 9.26. The number of pyridine rings is 1. The van der Waals surface area contributed by atoms with Crippen LogP contribution in [0.4, 0.5) is 0 Å². The van der Waals surface area contributed by atoms with E-state index < -0.39 is 0 Å². The van der Waals surface area contributed by atoms with E-state index in [9.17, 15) is 0 Å². The standard InChI is InChI=1S/C11H16N2/c1-2-9-6-10-8(7-13-9)4-3-5-11(10)12/h6-7,11H,2-5,12H2,1H3/t11-/m0/s1. The van der Waals surface area contributed by atoms with Crippen molar-refractivity contribution >= 4 is 0 Å². The van der Waals surface area contributed by atoms with E-state index in [4.69, 9.17) is 5.73 Å². The Balaban J connectivity index is 2.41. The summed E-state index contributed by atoms with van der Waals surface area (Å²) in [5, 5.41) is 0. The minimum Gasteiger partial charge on any atom is -0.324 e. The normalized spacial score (nSPS) is 21.2. The van der Waals surface area contributed by atoms with Crippen molar-refractivity contribution in [1.29, 1.82) is 0 Å². The first-order valence-corrected chi connectivity index (χ1v) is 5.04. The quantitative estimate of drug-likeness (QED) is 0.710. The topological polar surface area (TPSA) is 38.9 Å². The molecule has 1 heterocycles. The lowest BCUT2D eigenvalue weighted by molar-refractivity contribution is 0.567. The second-order valence-corrected chi connectivity index (χ2v) is 3.73. The molecule has 0 bridgehead atoms. The van der Waals surface area contributed by atoms with E-state index >= 15 is 0 Å². The van der Waals surface area contributed by atoms with E-state index in [1.807, 2.05) is 6.20 Å². The van der Waals surface area contributed by atoms with Crippen LogP contribution in [0.25, 0.3) is 0 Å². The molecule has 13 heavy (non-hydrogen) atoms. The second kappa shape index (κ2) is 3.46. The van der Waals surface area contributed by atoms with E-state index in [0.29, 0.717) is 0 Å². The van der Waals surface area contributed by atoms with Crippen LogP contribution in [0.2, 0.25) is 0 Å². The maximum absolute atomic E-state index is 6.04. The van der Waals surface area contributed by atoms with E-state index in [0.717, 1.165) is 25.0 Å². The predicted molar refractivity (Wildman–Crippen MR) is 53.5 cm³/mol. The number of nitrogens with two attached hydrogens (primary N) is 1. The number of rotatable bonds is 1. The van der Waals surface area contributed by atoms with Crippen molar-refractivity contribution in [2.24, 2.45) is 5.73 Å². The highest BCUT2D eigenvalue weighted by atomic mass is 14.7. The second-order valence-electron chi connectivity index (χ2n) is 3.73. The van der Waals surface area contributed by atoms with Gasteiger partial charge in [-0.25, -0.2) is 0 Å². The van der Waals surface area contributed by atoms with E-state index in [1.54, 1.807) is 0 Å². The van der Waals surface area contributed by atoms with Gasteiger partial charge in [0, 0.05) is 17.9 Å². The van der Waals surface area contributed by atoms with Crippen LogP contribution >= 0.6 is 0 Å². The molecule has 1 aliphatic carbocycles. The lowest BCUT2D eigenvalue weighted by atomic mass is 9.89. The summed E-state index contributed by atoms with van der Waals surface area (Å²) in [6, 6.07) is 2.43. The molecule has 70 valence electrons. The Kier molecular flexibility index (Phi) is 2.32. The zero-order valence-corrected chi connectivity index (χ0v) is 8.09. The van der Waals surface area contributed by atoms with Gasteiger partial charge in [0.05, 0.1) is 0 Å². The fraction of sp³-hybridized carbons (Fsp3) is 0.545. The summed E-state index contributed by atoms with van der Waals surface area (Å²) in [6.07, 6.45) is 6.49. The monoisotopic (exact) mass is 176 g/mol. The highest BCUT2D eigenvalue weighted by Gasteiger charge is 2.16. The fourth-order valence-electron chi connectivity index (χ4n) is 1.96. The van der Waals surface area contributed by atoms with Gasteiger partial charge in [-0.15, -0.1) is 0 Å². The van der Waals surface area contributed by atoms with Crippen LogP contribution in [0.5, 0.6) is 0 Å². The Bertz CT molecular complexity index is 307. The highest BCUT2D eigenvalue weighted by Crippen LogP contribution is 2.27. The van der Waals surface area contributed by atoms with Crippen LogP contribution in [0.1, 0.15) is 42.6 Å². The molecule has 1 aliphatic rings. The molecule has 0 saturated heterocycles. The first kappa shape index (κ1) is 8.70. The molecule has 1 aromatic heterocycles. The minimum atomic E-state index is 0.247.